The summed E-state index contributed by atoms with van der Waals surface area (Å²) in [5.74, 6) is 0.288. The summed E-state index contributed by atoms with van der Waals surface area (Å²) in [5, 5.41) is 4.58. The Hall–Kier alpha value is -2.59. The number of rotatable bonds is 13. The number of anilines is 1. The van der Waals surface area contributed by atoms with E-state index in [1.54, 1.807) is 16.9 Å². The first-order valence-electron chi connectivity index (χ1n) is 17.5. The minimum Gasteiger partial charge on any atom is -0.444 e. The summed E-state index contributed by atoms with van der Waals surface area (Å²) in [6.45, 7) is 21.7. The number of pyridine rings is 1. The van der Waals surface area contributed by atoms with Gasteiger partial charge in [-0.05, 0) is 64.6 Å². The van der Waals surface area contributed by atoms with Crippen LogP contribution in [-0.2, 0) is 14.2 Å². The lowest BCUT2D eigenvalue weighted by Gasteiger charge is -2.39. The smallest absolute Gasteiger partial charge is 0.410 e. The number of ether oxygens (including phenoxy) is 3. The van der Waals surface area contributed by atoms with E-state index in [4.69, 9.17) is 35.9 Å². The zero-order valence-corrected chi connectivity index (χ0v) is 33.4. The maximum Gasteiger partial charge on any atom is 0.410 e. The van der Waals surface area contributed by atoms with Gasteiger partial charge in [-0.15, -0.1) is 0 Å². The van der Waals surface area contributed by atoms with E-state index in [-0.39, 0.29) is 29.2 Å². The van der Waals surface area contributed by atoms with Crippen molar-refractivity contribution >= 4 is 45.3 Å². The second-order valence-electron chi connectivity index (χ2n) is 17.0. The normalized spacial score (nSPS) is 19.9. The number of hydrogen-bond donors (Lipinski definition) is 0. The van der Waals surface area contributed by atoms with Crippen LogP contribution in [0.5, 0.6) is 0 Å². The third-order valence-electron chi connectivity index (χ3n) is 9.15. The van der Waals surface area contributed by atoms with Crippen molar-refractivity contribution < 1.29 is 23.4 Å². The number of aromatic nitrogens is 4. The van der Waals surface area contributed by atoms with Crippen LogP contribution >= 0.6 is 11.6 Å². The van der Waals surface area contributed by atoms with Crippen molar-refractivity contribution in [3.8, 4) is 11.1 Å². The molecule has 5 rings (SSSR count). The fourth-order valence-corrected chi connectivity index (χ4v) is 8.10. The lowest BCUT2D eigenvalue weighted by Crippen LogP contribution is -2.48. The Morgan fingerprint density at radius 3 is 2.10 bits per heavy atom. The molecule has 0 aromatic carbocycles. The number of hydrogen-bond acceptors (Lipinski definition) is 8. The van der Waals surface area contributed by atoms with Crippen LogP contribution in [0.3, 0.4) is 0 Å². The summed E-state index contributed by atoms with van der Waals surface area (Å²) >= 11 is 5.94. The second kappa shape index (κ2) is 14.9. The molecule has 49 heavy (non-hydrogen) atoms. The lowest BCUT2D eigenvalue weighted by atomic mass is 9.88. The molecule has 5 heterocycles. The van der Waals surface area contributed by atoms with E-state index in [9.17, 15) is 9.18 Å². The lowest BCUT2D eigenvalue weighted by molar-refractivity contribution is 0.00569. The first kappa shape index (κ1) is 37.7. The summed E-state index contributed by atoms with van der Waals surface area (Å²) in [4.78, 5) is 26.5. The van der Waals surface area contributed by atoms with Gasteiger partial charge in [-0.25, -0.2) is 19.2 Å². The molecule has 2 fully saturated rings. The van der Waals surface area contributed by atoms with Crippen molar-refractivity contribution in [2.24, 2.45) is 0 Å². The van der Waals surface area contributed by atoms with Crippen LogP contribution < -0.4 is 4.90 Å². The van der Waals surface area contributed by atoms with Crippen LogP contribution in [-0.4, -0.2) is 91.1 Å². The van der Waals surface area contributed by atoms with Crippen LogP contribution in [0.4, 0.5) is 15.0 Å². The zero-order chi connectivity index (χ0) is 35.7. The van der Waals surface area contributed by atoms with E-state index in [0.29, 0.717) is 43.4 Å². The summed E-state index contributed by atoms with van der Waals surface area (Å²) in [6, 6.07) is 5.72. The van der Waals surface area contributed by atoms with Gasteiger partial charge in [-0.3, -0.25) is 0 Å². The van der Waals surface area contributed by atoms with Gasteiger partial charge in [-0.2, -0.15) is 9.61 Å². The molecule has 2 atom stereocenters. The minimum absolute atomic E-state index is 0.0740. The van der Waals surface area contributed by atoms with Gasteiger partial charge in [0, 0.05) is 76.4 Å². The zero-order valence-electron chi connectivity index (χ0n) is 30.7. The van der Waals surface area contributed by atoms with Crippen LogP contribution in [0.2, 0.25) is 56.5 Å². The highest BCUT2D eigenvalue weighted by molar-refractivity contribution is 6.76. The van der Waals surface area contributed by atoms with E-state index < -0.39 is 27.6 Å². The van der Waals surface area contributed by atoms with Crippen LogP contribution in [0.1, 0.15) is 58.1 Å². The maximum absolute atomic E-state index is 14.6. The Morgan fingerprint density at radius 2 is 1.57 bits per heavy atom. The molecular formula is C35H54ClFN6O4Si2. The molecule has 10 nitrogen and oxygen atoms in total. The van der Waals surface area contributed by atoms with Gasteiger partial charge in [0.15, 0.2) is 16.6 Å². The van der Waals surface area contributed by atoms with Crippen LogP contribution in [0.25, 0.3) is 16.8 Å². The highest BCUT2D eigenvalue weighted by Gasteiger charge is 2.45. The van der Waals surface area contributed by atoms with Crippen molar-refractivity contribution in [2.75, 3.05) is 31.6 Å². The molecule has 0 aliphatic carbocycles. The molecular weight excluding hydrogens is 679 g/mol. The third-order valence-corrected chi connectivity index (χ3v) is 12.8. The van der Waals surface area contributed by atoms with Crippen molar-refractivity contribution in [1.82, 2.24) is 24.5 Å². The largest absolute Gasteiger partial charge is 0.444 e. The quantitative estimate of drug-likeness (QED) is 0.0746. The van der Waals surface area contributed by atoms with Gasteiger partial charge in [0.25, 0.3) is 0 Å². The topological polar surface area (TPSA) is 94.3 Å². The Morgan fingerprint density at radius 1 is 0.980 bits per heavy atom. The molecule has 0 spiro atoms. The molecule has 2 aliphatic rings. The van der Waals surface area contributed by atoms with Gasteiger partial charge in [-0.1, -0.05) is 50.9 Å². The number of amides is 1. The summed E-state index contributed by atoms with van der Waals surface area (Å²) in [5.41, 5.74) is 2.13. The SMILES string of the molecule is CC(C)(C)OC(=O)N1C2CCC1CC(c1cc(N(COCC[Si](C)(C)C)COCC[Si](C)(C)C)n3ncc(-c4cnc(Cl)c(F)c4)c3n1)C2. The molecule has 14 heteroatoms. The summed E-state index contributed by atoms with van der Waals surface area (Å²) < 4.78 is 34.8. The molecule has 2 unspecified atom stereocenters. The fraction of sp³-hybridized carbons (Fsp3) is 0.657. The second-order valence-corrected chi connectivity index (χ2v) is 28.6. The number of nitrogens with zero attached hydrogens (tertiary/aromatic N) is 6. The molecule has 1 amide bonds. The average molecular weight is 733 g/mol. The van der Waals surface area contributed by atoms with Crippen molar-refractivity contribution in [1.29, 1.82) is 0 Å². The van der Waals surface area contributed by atoms with E-state index in [2.05, 4.69) is 55.2 Å². The fourth-order valence-electron chi connectivity index (χ4n) is 6.48. The Kier molecular flexibility index (Phi) is 11.5. The number of carbonyl (C=O) groups is 1. The highest BCUT2D eigenvalue weighted by Crippen LogP contribution is 2.44. The number of carbonyl (C=O) groups excluding carboxylic acids is 1. The number of halogens is 2. The number of fused-ring (bicyclic) bond motifs is 3. The average Bonchev–Trinajstić information content (AvgIpc) is 3.53. The van der Waals surface area contributed by atoms with E-state index in [1.807, 2.05) is 25.7 Å². The van der Waals surface area contributed by atoms with E-state index in [0.717, 1.165) is 49.3 Å². The third kappa shape index (κ3) is 9.81. The summed E-state index contributed by atoms with van der Waals surface area (Å²) in [6.07, 6.45) is 6.43. The Labute approximate surface area is 297 Å². The molecule has 0 N–H and O–H groups in total. The molecule has 2 aliphatic heterocycles. The minimum atomic E-state index is -1.29. The van der Waals surface area contributed by atoms with Crippen molar-refractivity contribution in [2.45, 2.75) is 121 Å². The molecule has 3 aromatic rings. The predicted molar refractivity (Wildman–Crippen MR) is 198 cm³/mol. The molecule has 270 valence electrons. The molecule has 0 saturated carbocycles. The molecule has 2 saturated heterocycles. The van der Waals surface area contributed by atoms with Gasteiger partial charge < -0.3 is 24.0 Å². The Bertz CT molecular complexity index is 1590. The predicted octanol–water partition coefficient (Wildman–Crippen LogP) is 8.66. The van der Waals surface area contributed by atoms with Crippen LogP contribution in [0.15, 0.2) is 24.5 Å². The summed E-state index contributed by atoms with van der Waals surface area (Å²) in [7, 11) is -2.59. The van der Waals surface area contributed by atoms with Gasteiger partial charge >= 0.3 is 6.09 Å². The standard InChI is InChI=1S/C35H54ClFN6O4Si2/c1-35(2,3)47-34(44)42-26-10-11-27(42)17-24(16-26)30-19-31(41(22-45-12-14-48(4,5)6)23-46-13-15-49(7,8)9)43-33(40-30)28(21-39-43)25-18-29(37)32(36)38-20-25/h18-21,24,26-27H,10-17,22-23H2,1-9H3. The van der Waals surface area contributed by atoms with E-state index >= 15 is 0 Å². The number of piperidine rings is 1. The maximum atomic E-state index is 14.6. The molecule has 0 radical (unpaired) electrons. The van der Waals surface area contributed by atoms with Crippen LogP contribution in [0, 0.1) is 5.82 Å². The van der Waals surface area contributed by atoms with E-state index in [1.165, 1.54) is 6.07 Å². The van der Waals surface area contributed by atoms with Gasteiger partial charge in [0.1, 0.15) is 24.9 Å². The Balaban J connectivity index is 1.52. The highest BCUT2D eigenvalue weighted by atomic mass is 35.5. The first-order chi connectivity index (χ1) is 22.9. The van der Waals surface area contributed by atoms with Crippen molar-refractivity contribution in [3.63, 3.8) is 0 Å². The molecule has 2 bridgehead atoms. The van der Waals surface area contributed by atoms with Gasteiger partial charge in [0.05, 0.1) is 6.20 Å². The van der Waals surface area contributed by atoms with Gasteiger partial charge in [0.2, 0.25) is 0 Å². The molecule has 3 aromatic heterocycles. The first-order valence-corrected chi connectivity index (χ1v) is 25.3. The monoisotopic (exact) mass is 732 g/mol. The van der Waals surface area contributed by atoms with Crippen molar-refractivity contribution in [3.05, 3.63) is 41.2 Å².